The second-order valence-corrected chi connectivity index (χ2v) is 7.25. The summed E-state index contributed by atoms with van der Waals surface area (Å²) >= 11 is 0. The van der Waals surface area contributed by atoms with Crippen LogP contribution in [-0.2, 0) is 0 Å². The Balaban J connectivity index is 3.61. The maximum absolute atomic E-state index is 2.47. The van der Waals surface area contributed by atoms with Crippen molar-refractivity contribution in [3.8, 4) is 0 Å². The molecule has 0 heterocycles. The van der Waals surface area contributed by atoms with Crippen LogP contribution < -0.4 is 0 Å². The number of hydrogen-bond acceptors (Lipinski definition) is 0. The first-order valence-corrected chi connectivity index (χ1v) is 9.63. The monoisotopic (exact) mass is 282 g/mol. The van der Waals surface area contributed by atoms with Crippen LogP contribution in [-0.4, -0.2) is 0 Å². The Bertz CT molecular complexity index is 184. The Morgan fingerprint density at radius 3 is 1.85 bits per heavy atom. The highest BCUT2D eigenvalue weighted by atomic mass is 14.2. The fourth-order valence-electron chi connectivity index (χ4n) is 3.10. The zero-order valence-electron chi connectivity index (χ0n) is 15.2. The molecule has 0 radical (unpaired) electrons. The van der Waals surface area contributed by atoms with E-state index in [9.17, 15) is 0 Å². The summed E-state index contributed by atoms with van der Waals surface area (Å²) in [5.41, 5.74) is 0. The zero-order valence-corrected chi connectivity index (χ0v) is 15.2. The van der Waals surface area contributed by atoms with Crippen molar-refractivity contribution in [1.29, 1.82) is 0 Å². The maximum Gasteiger partial charge on any atom is -0.0417 e. The number of unbranched alkanes of at least 4 members (excludes halogenated alkanes) is 3. The third kappa shape index (κ3) is 11.8. The van der Waals surface area contributed by atoms with Gasteiger partial charge < -0.3 is 0 Å². The molecule has 0 aliphatic heterocycles. The summed E-state index contributed by atoms with van der Waals surface area (Å²) in [7, 11) is 0. The Kier molecular flexibility index (Phi) is 14.0. The normalized spacial score (nSPS) is 16.1. The molecule has 0 rings (SSSR count). The van der Waals surface area contributed by atoms with Gasteiger partial charge in [-0.1, -0.05) is 112 Å². The van der Waals surface area contributed by atoms with Gasteiger partial charge in [-0.3, -0.25) is 0 Å². The second kappa shape index (κ2) is 14.0. The molecule has 0 saturated carbocycles. The summed E-state index contributed by atoms with van der Waals surface area (Å²) < 4.78 is 0. The smallest absolute Gasteiger partial charge is 0.0417 e. The van der Waals surface area contributed by atoms with Crippen molar-refractivity contribution in [2.45, 2.75) is 112 Å². The van der Waals surface area contributed by atoms with E-state index in [1.807, 2.05) is 0 Å². The molecule has 0 aromatic heterocycles. The van der Waals surface area contributed by atoms with E-state index in [-0.39, 0.29) is 0 Å². The fourth-order valence-corrected chi connectivity index (χ4v) is 3.10. The van der Waals surface area contributed by atoms with Crippen LogP contribution in [0.15, 0.2) is 0 Å². The Labute approximate surface area is 130 Å². The van der Waals surface area contributed by atoms with Crippen molar-refractivity contribution >= 4 is 0 Å². The van der Waals surface area contributed by atoms with Gasteiger partial charge in [-0.05, 0) is 17.8 Å². The second-order valence-electron chi connectivity index (χ2n) is 7.25. The minimum absolute atomic E-state index is 0.935. The molecule has 0 aliphatic rings. The topological polar surface area (TPSA) is 0 Å². The van der Waals surface area contributed by atoms with Crippen LogP contribution >= 0.6 is 0 Å². The van der Waals surface area contributed by atoms with Crippen molar-refractivity contribution in [1.82, 2.24) is 0 Å². The molecule has 3 atom stereocenters. The maximum atomic E-state index is 2.47. The third-order valence-electron chi connectivity index (χ3n) is 5.20. The van der Waals surface area contributed by atoms with Gasteiger partial charge in [0, 0.05) is 0 Å². The average molecular weight is 283 g/mol. The van der Waals surface area contributed by atoms with Crippen LogP contribution in [0.4, 0.5) is 0 Å². The number of hydrogen-bond donors (Lipinski definition) is 0. The molecule has 122 valence electrons. The predicted octanol–water partition coefficient (Wildman–Crippen LogP) is 7.62. The van der Waals surface area contributed by atoms with E-state index in [2.05, 4.69) is 34.6 Å². The average Bonchev–Trinajstić information content (AvgIpc) is 2.46. The number of rotatable bonds is 14. The summed E-state index contributed by atoms with van der Waals surface area (Å²) in [5, 5.41) is 0. The molecule has 0 nitrogen and oxygen atoms in total. The van der Waals surface area contributed by atoms with Gasteiger partial charge >= 0.3 is 0 Å². The summed E-state index contributed by atoms with van der Waals surface area (Å²) in [6.45, 7) is 11.9. The quantitative estimate of drug-likeness (QED) is 0.287. The van der Waals surface area contributed by atoms with Crippen molar-refractivity contribution in [2.75, 3.05) is 0 Å². The minimum Gasteiger partial charge on any atom is -0.0654 e. The van der Waals surface area contributed by atoms with E-state index < -0.39 is 0 Å². The highest BCUT2D eigenvalue weighted by molar-refractivity contribution is 4.63. The van der Waals surface area contributed by atoms with E-state index >= 15 is 0 Å². The summed E-state index contributed by atoms with van der Waals surface area (Å²) in [5.74, 6) is 2.89. The highest BCUT2D eigenvalue weighted by Gasteiger charge is 2.10. The van der Waals surface area contributed by atoms with Crippen LogP contribution in [0.3, 0.4) is 0 Å². The molecular weight excluding hydrogens is 240 g/mol. The van der Waals surface area contributed by atoms with E-state index in [1.54, 1.807) is 0 Å². The molecule has 3 unspecified atom stereocenters. The molecule has 20 heavy (non-hydrogen) atoms. The van der Waals surface area contributed by atoms with E-state index in [4.69, 9.17) is 0 Å². The lowest BCUT2D eigenvalue weighted by atomic mass is 9.88. The molecule has 0 fully saturated rings. The molecule has 0 aromatic rings. The van der Waals surface area contributed by atoms with Crippen molar-refractivity contribution < 1.29 is 0 Å². The van der Waals surface area contributed by atoms with E-state index in [1.165, 1.54) is 77.0 Å². The highest BCUT2D eigenvalue weighted by Crippen LogP contribution is 2.25. The van der Waals surface area contributed by atoms with Crippen molar-refractivity contribution in [3.05, 3.63) is 0 Å². The Morgan fingerprint density at radius 1 is 0.550 bits per heavy atom. The van der Waals surface area contributed by atoms with Crippen LogP contribution in [0.5, 0.6) is 0 Å². The first kappa shape index (κ1) is 20.0. The Hall–Kier alpha value is 0. The Morgan fingerprint density at radius 2 is 1.25 bits per heavy atom. The summed E-state index contributed by atoms with van der Waals surface area (Å²) in [6.07, 6.45) is 17.2. The molecule has 0 spiro atoms. The van der Waals surface area contributed by atoms with Crippen molar-refractivity contribution in [2.24, 2.45) is 17.8 Å². The largest absolute Gasteiger partial charge is 0.0654 e. The molecule has 0 amide bonds. The lowest BCUT2D eigenvalue weighted by Gasteiger charge is -2.18. The van der Waals surface area contributed by atoms with Gasteiger partial charge in [-0.15, -0.1) is 0 Å². The molecular formula is C20H42. The molecule has 0 aliphatic carbocycles. The lowest BCUT2D eigenvalue weighted by Crippen LogP contribution is -2.04. The first-order chi connectivity index (χ1) is 9.63. The van der Waals surface area contributed by atoms with Gasteiger partial charge in [0.1, 0.15) is 0 Å². The zero-order chi connectivity index (χ0) is 15.2. The van der Waals surface area contributed by atoms with Gasteiger partial charge in [-0.2, -0.15) is 0 Å². The lowest BCUT2D eigenvalue weighted by molar-refractivity contribution is 0.344. The van der Waals surface area contributed by atoms with Crippen LogP contribution in [0.2, 0.25) is 0 Å². The van der Waals surface area contributed by atoms with Gasteiger partial charge in [0.2, 0.25) is 0 Å². The molecule has 0 aromatic carbocycles. The van der Waals surface area contributed by atoms with E-state index in [0.29, 0.717) is 0 Å². The van der Waals surface area contributed by atoms with Crippen LogP contribution in [0, 0.1) is 17.8 Å². The SMILES string of the molecule is CCCCCCC(C)CCC(CC)CCCC(C)CC. The minimum atomic E-state index is 0.935. The standard InChI is InChI=1S/C20H42/c1-6-9-10-11-13-19(5)16-17-20(8-3)15-12-14-18(4)7-2/h18-20H,6-17H2,1-5H3. The first-order valence-electron chi connectivity index (χ1n) is 9.63. The summed E-state index contributed by atoms with van der Waals surface area (Å²) in [4.78, 5) is 0. The molecule has 0 heteroatoms. The van der Waals surface area contributed by atoms with Gasteiger partial charge in [0.25, 0.3) is 0 Å². The molecule has 0 saturated heterocycles. The molecule has 0 bridgehead atoms. The van der Waals surface area contributed by atoms with Gasteiger partial charge in [0.15, 0.2) is 0 Å². The van der Waals surface area contributed by atoms with Crippen molar-refractivity contribution in [3.63, 3.8) is 0 Å². The van der Waals surface area contributed by atoms with Gasteiger partial charge in [0.05, 0.1) is 0 Å². The molecule has 0 N–H and O–H groups in total. The third-order valence-corrected chi connectivity index (χ3v) is 5.20. The van der Waals surface area contributed by atoms with Crippen LogP contribution in [0.25, 0.3) is 0 Å². The van der Waals surface area contributed by atoms with E-state index in [0.717, 1.165) is 17.8 Å². The fraction of sp³-hybridized carbons (Fsp3) is 1.00. The van der Waals surface area contributed by atoms with Crippen LogP contribution in [0.1, 0.15) is 112 Å². The van der Waals surface area contributed by atoms with Gasteiger partial charge in [-0.25, -0.2) is 0 Å². The predicted molar refractivity (Wildman–Crippen MR) is 94.2 cm³/mol. The summed E-state index contributed by atoms with van der Waals surface area (Å²) in [6, 6.07) is 0.